The topological polar surface area (TPSA) is 66.8 Å². The van der Waals surface area contributed by atoms with Gasteiger partial charge in [-0.3, -0.25) is 8.74 Å². The van der Waals surface area contributed by atoms with Gasteiger partial charge in [0, 0.05) is 5.33 Å². The zero-order valence-corrected chi connectivity index (χ0v) is 7.60. The molecule has 2 unspecified atom stereocenters. The van der Waals surface area contributed by atoms with Crippen molar-refractivity contribution < 1.29 is 18.1 Å². The maximum absolute atomic E-state index is 9.87. The van der Waals surface area contributed by atoms with Gasteiger partial charge in [0.25, 0.3) is 0 Å². The largest absolute Gasteiger partial charge is 0.391 e. The molecule has 10 heavy (non-hydrogen) atoms. The maximum Gasteiger partial charge on any atom is 0.301 e. The van der Waals surface area contributed by atoms with Crippen molar-refractivity contribution in [3.8, 4) is 0 Å². The van der Waals surface area contributed by atoms with Gasteiger partial charge in [-0.2, -0.15) is 4.21 Å². The third kappa shape index (κ3) is 6.63. The SMILES string of the molecule is O=S(O)OCC(O)CCBr. The molecule has 2 atom stereocenters. The number of hydrogen-bond donors (Lipinski definition) is 2. The minimum absolute atomic E-state index is 0.102. The molecule has 0 aromatic carbocycles. The van der Waals surface area contributed by atoms with Gasteiger partial charge in [0.05, 0.1) is 12.7 Å². The molecule has 0 aliphatic heterocycles. The van der Waals surface area contributed by atoms with Gasteiger partial charge in [0.2, 0.25) is 0 Å². The quantitative estimate of drug-likeness (QED) is 0.529. The van der Waals surface area contributed by atoms with Gasteiger partial charge in [-0.15, -0.1) is 0 Å². The summed E-state index contributed by atoms with van der Waals surface area (Å²) in [4.78, 5) is 0. The van der Waals surface area contributed by atoms with Crippen molar-refractivity contribution in [2.45, 2.75) is 12.5 Å². The molecule has 0 heterocycles. The van der Waals surface area contributed by atoms with E-state index >= 15 is 0 Å². The first-order chi connectivity index (χ1) is 4.66. The molecule has 0 bridgehead atoms. The second-order valence-corrected chi connectivity index (χ2v) is 3.10. The molecular weight excluding hydrogens is 224 g/mol. The van der Waals surface area contributed by atoms with E-state index in [1.165, 1.54) is 0 Å². The van der Waals surface area contributed by atoms with E-state index in [0.717, 1.165) is 0 Å². The Morgan fingerprint density at radius 1 is 1.70 bits per heavy atom. The molecule has 2 N–H and O–H groups in total. The molecule has 0 radical (unpaired) electrons. The summed E-state index contributed by atoms with van der Waals surface area (Å²) in [6.45, 7) is -0.102. The Labute approximate surface area is 70.2 Å². The highest BCUT2D eigenvalue weighted by Gasteiger charge is 2.04. The van der Waals surface area contributed by atoms with Crippen LogP contribution in [0.25, 0.3) is 0 Å². The zero-order chi connectivity index (χ0) is 7.98. The standard InChI is InChI=1S/C4H9BrO4S/c5-2-1-4(6)3-9-10(7)8/h4,6H,1-3H2,(H,7,8). The Hall–Kier alpha value is 0.510. The highest BCUT2D eigenvalue weighted by atomic mass is 79.9. The fourth-order valence-corrected chi connectivity index (χ4v) is 1.15. The van der Waals surface area contributed by atoms with Crippen LogP contribution in [0.15, 0.2) is 0 Å². The van der Waals surface area contributed by atoms with Crippen LogP contribution in [0.2, 0.25) is 0 Å². The van der Waals surface area contributed by atoms with Crippen LogP contribution in [-0.4, -0.2) is 31.9 Å². The van der Waals surface area contributed by atoms with Crippen LogP contribution >= 0.6 is 15.9 Å². The summed E-state index contributed by atoms with van der Waals surface area (Å²) in [5.41, 5.74) is 0. The Kier molecular flexibility index (Phi) is 6.55. The Morgan fingerprint density at radius 3 is 2.70 bits per heavy atom. The van der Waals surface area contributed by atoms with E-state index in [0.29, 0.717) is 11.8 Å². The van der Waals surface area contributed by atoms with E-state index in [9.17, 15) is 4.21 Å². The molecule has 0 saturated carbocycles. The zero-order valence-electron chi connectivity index (χ0n) is 5.20. The van der Waals surface area contributed by atoms with E-state index in [2.05, 4.69) is 20.1 Å². The Morgan fingerprint density at radius 2 is 2.30 bits per heavy atom. The lowest BCUT2D eigenvalue weighted by atomic mass is 10.3. The average Bonchev–Trinajstić information content (AvgIpc) is 1.85. The molecule has 0 aliphatic carbocycles. The Bertz CT molecular complexity index is 109. The van der Waals surface area contributed by atoms with Crippen molar-refractivity contribution in [2.24, 2.45) is 0 Å². The van der Waals surface area contributed by atoms with Crippen molar-refractivity contribution >= 4 is 27.3 Å². The molecule has 6 heteroatoms. The number of halogens is 1. The predicted octanol–water partition coefficient (Wildman–Crippen LogP) is 0.286. The molecule has 0 amide bonds. The molecule has 62 valence electrons. The lowest BCUT2D eigenvalue weighted by Gasteiger charge is -2.05. The van der Waals surface area contributed by atoms with Gasteiger partial charge in [0.15, 0.2) is 0 Å². The fraction of sp³-hybridized carbons (Fsp3) is 1.00. The van der Waals surface area contributed by atoms with Crippen molar-refractivity contribution in [1.82, 2.24) is 0 Å². The number of hydrogen-bond acceptors (Lipinski definition) is 3. The summed E-state index contributed by atoms with van der Waals surface area (Å²) in [6.07, 6.45) is -0.160. The van der Waals surface area contributed by atoms with Gasteiger partial charge in [-0.05, 0) is 6.42 Å². The summed E-state index contributed by atoms with van der Waals surface area (Å²) in [5.74, 6) is 0. The molecule has 0 saturated heterocycles. The lowest BCUT2D eigenvalue weighted by Crippen LogP contribution is -2.16. The van der Waals surface area contributed by atoms with E-state index in [4.69, 9.17) is 9.66 Å². The van der Waals surface area contributed by atoms with Crippen molar-refractivity contribution in [3.05, 3.63) is 0 Å². The van der Waals surface area contributed by atoms with Crippen molar-refractivity contribution in [3.63, 3.8) is 0 Å². The van der Waals surface area contributed by atoms with Crippen LogP contribution in [0.5, 0.6) is 0 Å². The molecule has 0 aliphatic rings. The Balaban J connectivity index is 3.21. The van der Waals surface area contributed by atoms with E-state index in [1.54, 1.807) is 0 Å². The summed E-state index contributed by atoms with van der Waals surface area (Å²) in [6, 6.07) is 0. The van der Waals surface area contributed by atoms with Crippen LogP contribution < -0.4 is 0 Å². The van der Waals surface area contributed by atoms with E-state index < -0.39 is 17.5 Å². The van der Waals surface area contributed by atoms with Gasteiger partial charge in [-0.1, -0.05) is 15.9 Å². The summed E-state index contributed by atoms with van der Waals surface area (Å²) >= 11 is 0.838. The summed E-state index contributed by atoms with van der Waals surface area (Å²) in [5, 5.41) is 9.55. The van der Waals surface area contributed by atoms with Crippen LogP contribution in [-0.2, 0) is 15.5 Å². The second kappa shape index (κ2) is 6.23. The summed E-state index contributed by atoms with van der Waals surface area (Å²) in [7, 11) is 0. The first kappa shape index (κ1) is 10.5. The molecule has 0 aromatic rings. The molecule has 0 aromatic heterocycles. The highest BCUT2D eigenvalue weighted by molar-refractivity contribution is 9.09. The predicted molar refractivity (Wildman–Crippen MR) is 41.1 cm³/mol. The summed E-state index contributed by atoms with van der Waals surface area (Å²) < 4.78 is 22.2. The average molecular weight is 233 g/mol. The molecule has 0 spiro atoms. The minimum atomic E-state index is -2.27. The normalized spacial score (nSPS) is 16.7. The second-order valence-electron chi connectivity index (χ2n) is 1.63. The first-order valence-corrected chi connectivity index (χ1v) is 4.80. The smallest absolute Gasteiger partial charge is 0.301 e. The maximum atomic E-state index is 9.87. The molecule has 0 rings (SSSR count). The fourth-order valence-electron chi connectivity index (χ4n) is 0.346. The van der Waals surface area contributed by atoms with Crippen molar-refractivity contribution in [2.75, 3.05) is 11.9 Å². The number of alkyl halides is 1. The third-order valence-electron chi connectivity index (χ3n) is 0.804. The van der Waals surface area contributed by atoms with Crippen LogP contribution in [0.1, 0.15) is 6.42 Å². The van der Waals surface area contributed by atoms with Gasteiger partial charge >= 0.3 is 11.4 Å². The van der Waals surface area contributed by atoms with Crippen molar-refractivity contribution in [1.29, 1.82) is 0 Å². The third-order valence-corrected chi connectivity index (χ3v) is 1.60. The number of aliphatic hydroxyl groups is 1. The number of aliphatic hydroxyl groups excluding tert-OH is 1. The van der Waals surface area contributed by atoms with Crippen LogP contribution in [0.4, 0.5) is 0 Å². The van der Waals surface area contributed by atoms with Crippen LogP contribution in [0, 0.1) is 0 Å². The van der Waals surface area contributed by atoms with Gasteiger partial charge in [0.1, 0.15) is 0 Å². The first-order valence-electron chi connectivity index (χ1n) is 2.65. The minimum Gasteiger partial charge on any atom is -0.391 e. The molecule has 0 fully saturated rings. The van der Waals surface area contributed by atoms with E-state index in [1.807, 2.05) is 0 Å². The van der Waals surface area contributed by atoms with E-state index in [-0.39, 0.29) is 6.61 Å². The monoisotopic (exact) mass is 232 g/mol. The highest BCUT2D eigenvalue weighted by Crippen LogP contribution is 1.96. The van der Waals surface area contributed by atoms with Crippen LogP contribution in [0.3, 0.4) is 0 Å². The van der Waals surface area contributed by atoms with Gasteiger partial charge < -0.3 is 5.11 Å². The number of rotatable bonds is 5. The van der Waals surface area contributed by atoms with Gasteiger partial charge in [-0.25, -0.2) is 0 Å². The lowest BCUT2D eigenvalue weighted by molar-refractivity contribution is 0.107. The molecule has 4 nitrogen and oxygen atoms in total. The molecular formula is C4H9BrO4S.